The number of likely N-dealkylation sites (N-methyl/N-ethyl adjacent to an activating group) is 1. The van der Waals surface area contributed by atoms with Gasteiger partial charge in [0.1, 0.15) is 0 Å². The molecule has 1 aromatic carbocycles. The van der Waals surface area contributed by atoms with E-state index in [9.17, 15) is 14.4 Å². The van der Waals surface area contributed by atoms with Gasteiger partial charge in [0, 0.05) is 31.9 Å². The van der Waals surface area contributed by atoms with Gasteiger partial charge in [0.25, 0.3) is 0 Å². The van der Waals surface area contributed by atoms with Gasteiger partial charge in [0.05, 0.1) is 6.54 Å². The summed E-state index contributed by atoms with van der Waals surface area (Å²) in [5.41, 5.74) is 4.15. The van der Waals surface area contributed by atoms with Crippen molar-refractivity contribution in [2.75, 3.05) is 33.2 Å². The van der Waals surface area contributed by atoms with Crippen molar-refractivity contribution in [1.82, 2.24) is 25.6 Å². The Kier molecular flexibility index (Phi) is 5.34. The Bertz CT molecular complexity index is 713. The lowest BCUT2D eigenvalue weighted by Crippen LogP contribution is -2.60. The van der Waals surface area contributed by atoms with Gasteiger partial charge in [-0.1, -0.05) is 36.9 Å². The first kappa shape index (κ1) is 18.1. The minimum atomic E-state index is -1.13. The molecule has 2 aliphatic heterocycles. The van der Waals surface area contributed by atoms with Gasteiger partial charge in [-0.2, -0.15) is 0 Å². The molecule has 8 heteroatoms. The lowest BCUT2D eigenvalue weighted by molar-refractivity contribution is -0.141. The van der Waals surface area contributed by atoms with Crippen molar-refractivity contribution in [2.24, 2.45) is 5.92 Å². The summed E-state index contributed by atoms with van der Waals surface area (Å²) in [7, 11) is 2.04. The number of barbiturate groups is 1. The zero-order chi connectivity index (χ0) is 18.7. The van der Waals surface area contributed by atoms with Gasteiger partial charge in [-0.05, 0) is 12.6 Å². The van der Waals surface area contributed by atoms with Gasteiger partial charge in [-0.25, -0.2) is 9.80 Å². The fourth-order valence-electron chi connectivity index (χ4n) is 3.02. The number of hydrogen-bond donors (Lipinski definition) is 2. The van der Waals surface area contributed by atoms with E-state index in [1.165, 1.54) is 0 Å². The molecule has 2 heterocycles. The lowest BCUT2D eigenvalue weighted by atomic mass is 10.0. The number of hydrogen-bond acceptors (Lipinski definition) is 6. The molecule has 2 fully saturated rings. The van der Waals surface area contributed by atoms with Crippen molar-refractivity contribution in [2.45, 2.75) is 6.54 Å². The molecule has 0 bridgehead atoms. The molecule has 0 aliphatic carbocycles. The first-order valence-electron chi connectivity index (χ1n) is 8.55. The topological polar surface area (TPSA) is 85.0 Å². The maximum atomic E-state index is 12.8. The molecule has 1 aromatic rings. The number of rotatable bonds is 5. The molecule has 2 N–H and O–H groups in total. The summed E-state index contributed by atoms with van der Waals surface area (Å²) in [5, 5.41) is 4.19. The molecule has 0 unspecified atom stereocenters. The van der Waals surface area contributed by atoms with E-state index in [0.29, 0.717) is 0 Å². The van der Waals surface area contributed by atoms with Crippen LogP contribution >= 0.6 is 0 Å². The first-order chi connectivity index (χ1) is 12.5. The van der Waals surface area contributed by atoms with Crippen LogP contribution < -0.4 is 10.7 Å². The highest BCUT2D eigenvalue weighted by Crippen LogP contribution is 2.19. The molecule has 2 saturated heterocycles. The van der Waals surface area contributed by atoms with Crippen LogP contribution in [0, 0.1) is 5.92 Å². The molecular formula is C18H23N5O3. The Hall–Kier alpha value is -2.71. The third kappa shape index (κ3) is 3.92. The van der Waals surface area contributed by atoms with Crippen LogP contribution in [-0.4, -0.2) is 65.9 Å². The summed E-state index contributed by atoms with van der Waals surface area (Å²) in [4.78, 5) is 40.4. The number of urea groups is 1. The summed E-state index contributed by atoms with van der Waals surface area (Å²) < 4.78 is 0. The average Bonchev–Trinajstić information content (AvgIpc) is 2.61. The van der Waals surface area contributed by atoms with Crippen LogP contribution in [-0.2, 0) is 16.1 Å². The first-order valence-corrected chi connectivity index (χ1v) is 8.55. The van der Waals surface area contributed by atoms with E-state index in [1.54, 1.807) is 0 Å². The Labute approximate surface area is 152 Å². The van der Waals surface area contributed by atoms with Crippen LogP contribution in [0.15, 0.2) is 42.6 Å². The van der Waals surface area contributed by atoms with Gasteiger partial charge >= 0.3 is 6.03 Å². The predicted molar refractivity (Wildman–Crippen MR) is 95.4 cm³/mol. The molecule has 0 saturated carbocycles. The quantitative estimate of drug-likeness (QED) is 0.730. The fraction of sp³-hybridized carbons (Fsp3) is 0.389. The predicted octanol–water partition coefficient (Wildman–Crippen LogP) is 0.147. The molecule has 8 nitrogen and oxygen atoms in total. The van der Waals surface area contributed by atoms with Crippen LogP contribution in [0.4, 0.5) is 4.79 Å². The second-order valence-corrected chi connectivity index (χ2v) is 6.56. The summed E-state index contributed by atoms with van der Waals surface area (Å²) in [6.45, 7) is 7.25. The minimum absolute atomic E-state index is 0.108. The zero-order valence-corrected chi connectivity index (χ0v) is 14.8. The second kappa shape index (κ2) is 7.67. The van der Waals surface area contributed by atoms with E-state index in [-0.39, 0.29) is 12.2 Å². The van der Waals surface area contributed by atoms with Crippen molar-refractivity contribution in [1.29, 1.82) is 0 Å². The van der Waals surface area contributed by atoms with E-state index in [4.69, 9.17) is 0 Å². The molecule has 0 spiro atoms. The number of hydrazine groups is 1. The summed E-state index contributed by atoms with van der Waals surface area (Å²) in [6, 6.07) is 8.46. The van der Waals surface area contributed by atoms with Crippen LogP contribution in [0.1, 0.15) is 5.56 Å². The molecule has 3 rings (SSSR count). The SMILES string of the molecule is C=C(NN1CCN(C)CC1)[C@H]1C(=O)NC(=O)N(Cc2ccccc2)C1=O. The molecule has 4 amide bonds. The van der Waals surface area contributed by atoms with Gasteiger partial charge in [-0.3, -0.25) is 19.8 Å². The standard InChI is InChI=1S/C18H23N5O3/c1-13(20-22-10-8-21(2)9-11-22)15-16(24)19-18(26)23(17(15)25)12-14-6-4-3-5-7-14/h3-7,15,20H,1,8-12H2,2H3,(H,19,24,26)/t15-/m0/s1. The maximum Gasteiger partial charge on any atom is 0.331 e. The molecule has 0 aromatic heterocycles. The smallest absolute Gasteiger partial charge is 0.322 e. The third-order valence-corrected chi connectivity index (χ3v) is 4.59. The normalized spacial score (nSPS) is 22.3. The van der Waals surface area contributed by atoms with Gasteiger partial charge < -0.3 is 10.3 Å². The highest BCUT2D eigenvalue weighted by molar-refractivity contribution is 6.17. The number of carbonyl (C=O) groups excluding carboxylic acids is 3. The van der Waals surface area contributed by atoms with E-state index >= 15 is 0 Å². The van der Waals surface area contributed by atoms with Crippen molar-refractivity contribution < 1.29 is 14.4 Å². The number of piperazine rings is 1. The molecule has 0 radical (unpaired) electrons. The molecule has 26 heavy (non-hydrogen) atoms. The highest BCUT2D eigenvalue weighted by Gasteiger charge is 2.42. The van der Waals surface area contributed by atoms with Gasteiger partial charge in [0.15, 0.2) is 5.92 Å². The highest BCUT2D eigenvalue weighted by atomic mass is 16.2. The number of benzene rings is 1. The number of carbonyl (C=O) groups is 3. The van der Waals surface area contributed by atoms with Crippen molar-refractivity contribution in [3.8, 4) is 0 Å². The van der Waals surface area contributed by atoms with E-state index in [1.807, 2.05) is 42.4 Å². The van der Waals surface area contributed by atoms with Gasteiger partial charge in [-0.15, -0.1) is 0 Å². The molecule has 2 aliphatic rings. The number of nitrogens with zero attached hydrogens (tertiary/aromatic N) is 3. The van der Waals surface area contributed by atoms with Crippen LogP contribution in [0.25, 0.3) is 0 Å². The fourth-order valence-corrected chi connectivity index (χ4v) is 3.02. The van der Waals surface area contributed by atoms with Crippen molar-refractivity contribution in [3.05, 3.63) is 48.2 Å². The largest absolute Gasteiger partial charge is 0.331 e. The van der Waals surface area contributed by atoms with E-state index < -0.39 is 23.8 Å². The van der Waals surface area contributed by atoms with E-state index in [2.05, 4.69) is 22.2 Å². The van der Waals surface area contributed by atoms with Crippen molar-refractivity contribution in [3.63, 3.8) is 0 Å². The number of imide groups is 2. The second-order valence-electron chi connectivity index (χ2n) is 6.56. The third-order valence-electron chi connectivity index (χ3n) is 4.59. The zero-order valence-electron chi connectivity index (χ0n) is 14.8. The average molecular weight is 357 g/mol. The lowest BCUT2D eigenvalue weighted by Gasteiger charge is -2.36. The number of nitrogens with one attached hydrogen (secondary N) is 2. The summed E-state index contributed by atoms with van der Waals surface area (Å²) in [5.74, 6) is -2.33. The molecular weight excluding hydrogens is 334 g/mol. The van der Waals surface area contributed by atoms with Gasteiger partial charge in [0.2, 0.25) is 11.8 Å². The molecule has 1 atom stereocenters. The van der Waals surface area contributed by atoms with Crippen molar-refractivity contribution >= 4 is 17.8 Å². The van der Waals surface area contributed by atoms with Crippen LogP contribution in [0.5, 0.6) is 0 Å². The minimum Gasteiger partial charge on any atom is -0.322 e. The Morgan fingerprint density at radius 2 is 1.81 bits per heavy atom. The summed E-state index contributed by atoms with van der Waals surface area (Å²) in [6.07, 6.45) is 0. The summed E-state index contributed by atoms with van der Waals surface area (Å²) >= 11 is 0. The molecule has 138 valence electrons. The van der Waals surface area contributed by atoms with Crippen LogP contribution in [0.2, 0.25) is 0 Å². The Morgan fingerprint density at radius 1 is 1.15 bits per heavy atom. The number of amides is 4. The Morgan fingerprint density at radius 3 is 2.46 bits per heavy atom. The monoisotopic (exact) mass is 357 g/mol. The van der Waals surface area contributed by atoms with Crippen LogP contribution in [0.3, 0.4) is 0 Å². The maximum absolute atomic E-state index is 12.8. The Balaban J connectivity index is 1.69. The van der Waals surface area contributed by atoms with E-state index in [0.717, 1.165) is 36.6 Å².